The number of amides is 1. The Hall–Kier alpha value is -3.44. The number of carbonyl (C=O) groups is 1. The van der Waals surface area contributed by atoms with E-state index in [9.17, 15) is 4.79 Å². The van der Waals surface area contributed by atoms with E-state index in [-0.39, 0.29) is 11.7 Å². The summed E-state index contributed by atoms with van der Waals surface area (Å²) in [5.41, 5.74) is 3.10. The third-order valence-electron chi connectivity index (χ3n) is 4.59. The number of fused-ring (bicyclic) bond motifs is 1. The summed E-state index contributed by atoms with van der Waals surface area (Å²) in [7, 11) is 1.60. The van der Waals surface area contributed by atoms with Gasteiger partial charge < -0.3 is 14.5 Å². The fraction of sp³-hybridized carbons (Fsp3) is 0.130. The number of furan rings is 1. The van der Waals surface area contributed by atoms with E-state index in [1.807, 2.05) is 72.8 Å². The lowest BCUT2D eigenvalue weighted by molar-refractivity contribution is 0.0910. The van der Waals surface area contributed by atoms with Gasteiger partial charge in [-0.15, -0.1) is 0 Å². The first kappa shape index (κ1) is 17.9. The Labute approximate surface area is 163 Å². The summed E-state index contributed by atoms with van der Waals surface area (Å²) in [5, 5.41) is 3.95. The molecule has 5 nitrogen and oxygen atoms in total. The van der Waals surface area contributed by atoms with Gasteiger partial charge in [-0.2, -0.15) is 0 Å². The van der Waals surface area contributed by atoms with Gasteiger partial charge in [0.2, 0.25) is 0 Å². The molecule has 0 saturated carbocycles. The number of carbonyl (C=O) groups excluding carboxylic acids is 1. The summed E-state index contributed by atoms with van der Waals surface area (Å²) in [4.78, 5) is 17.6. The minimum atomic E-state index is -0.390. The molecule has 2 heterocycles. The Morgan fingerprint density at radius 3 is 2.54 bits per heavy atom. The van der Waals surface area contributed by atoms with E-state index >= 15 is 0 Å². The molecule has 2 aromatic carbocycles. The number of ether oxygens (including phenoxy) is 1. The summed E-state index contributed by atoms with van der Waals surface area (Å²) >= 11 is 0. The molecule has 1 unspecified atom stereocenters. The van der Waals surface area contributed by atoms with E-state index < -0.39 is 6.04 Å². The molecule has 1 atom stereocenters. The normalized spacial score (nSPS) is 12.0. The Morgan fingerprint density at radius 2 is 1.79 bits per heavy atom. The third-order valence-corrected chi connectivity index (χ3v) is 4.59. The molecule has 1 N–H and O–H groups in total. The highest BCUT2D eigenvalue weighted by Gasteiger charge is 2.24. The van der Waals surface area contributed by atoms with Crippen molar-refractivity contribution in [3.63, 3.8) is 0 Å². The molecular weight excluding hydrogens is 352 g/mol. The molecular formula is C23H20N2O3. The number of methoxy groups -OCH3 is 1. The Balaban J connectivity index is 1.73. The van der Waals surface area contributed by atoms with Crippen LogP contribution in [0.3, 0.4) is 0 Å². The zero-order valence-electron chi connectivity index (χ0n) is 15.5. The van der Waals surface area contributed by atoms with Gasteiger partial charge in [0.1, 0.15) is 5.58 Å². The lowest BCUT2D eigenvalue weighted by Crippen LogP contribution is -2.30. The first-order valence-electron chi connectivity index (χ1n) is 9.04. The fourth-order valence-corrected chi connectivity index (χ4v) is 3.29. The van der Waals surface area contributed by atoms with Crippen LogP contribution in [0.25, 0.3) is 11.0 Å². The van der Waals surface area contributed by atoms with E-state index in [0.717, 1.165) is 22.2 Å². The van der Waals surface area contributed by atoms with Crippen LogP contribution in [-0.4, -0.2) is 18.0 Å². The average molecular weight is 372 g/mol. The molecule has 1 amide bonds. The van der Waals surface area contributed by atoms with Crippen LogP contribution in [0.1, 0.15) is 33.4 Å². The molecule has 0 saturated heterocycles. The predicted octanol–water partition coefficient (Wildman–Crippen LogP) is 4.49. The van der Waals surface area contributed by atoms with Crippen molar-refractivity contribution in [3.05, 3.63) is 102 Å². The minimum absolute atomic E-state index is 0.264. The van der Waals surface area contributed by atoms with Gasteiger partial charge in [0.25, 0.3) is 5.91 Å². The maximum Gasteiger partial charge on any atom is 0.288 e. The highest BCUT2D eigenvalue weighted by atomic mass is 16.5. The molecule has 0 aliphatic carbocycles. The van der Waals surface area contributed by atoms with Gasteiger partial charge in [0.15, 0.2) is 5.76 Å². The van der Waals surface area contributed by atoms with Gasteiger partial charge in [-0.3, -0.25) is 9.78 Å². The number of pyridine rings is 1. The van der Waals surface area contributed by atoms with Crippen LogP contribution in [0.4, 0.5) is 0 Å². The van der Waals surface area contributed by atoms with Gasteiger partial charge in [0.05, 0.1) is 18.3 Å². The second-order valence-electron chi connectivity index (χ2n) is 6.41. The standard InChI is InChI=1S/C23H20N2O3/c1-27-15-18-17-11-5-6-13-20(17)28-22(18)23(26)25-21(16-9-3-2-4-10-16)19-12-7-8-14-24-19/h2-14,21H,15H2,1H3,(H,25,26). The molecule has 0 aliphatic heterocycles. The Morgan fingerprint density at radius 1 is 1.04 bits per heavy atom. The third kappa shape index (κ3) is 3.52. The average Bonchev–Trinajstić information content (AvgIpc) is 3.12. The van der Waals surface area contributed by atoms with Gasteiger partial charge in [-0.25, -0.2) is 0 Å². The van der Waals surface area contributed by atoms with Crippen molar-refractivity contribution < 1.29 is 13.9 Å². The number of para-hydroxylation sites is 1. The maximum absolute atomic E-state index is 13.2. The molecule has 0 aliphatic rings. The van der Waals surface area contributed by atoms with Gasteiger partial charge >= 0.3 is 0 Å². The summed E-state index contributed by atoms with van der Waals surface area (Å²) < 4.78 is 11.2. The number of nitrogens with one attached hydrogen (secondary N) is 1. The second kappa shape index (κ2) is 8.06. The molecule has 140 valence electrons. The van der Waals surface area contributed by atoms with Crippen molar-refractivity contribution in [1.29, 1.82) is 0 Å². The number of benzene rings is 2. The van der Waals surface area contributed by atoms with Gasteiger partial charge in [-0.05, 0) is 23.8 Å². The first-order valence-corrected chi connectivity index (χ1v) is 9.04. The molecule has 5 heteroatoms. The number of hydrogen-bond acceptors (Lipinski definition) is 4. The minimum Gasteiger partial charge on any atom is -0.451 e. The van der Waals surface area contributed by atoms with Crippen molar-refractivity contribution in [1.82, 2.24) is 10.3 Å². The summed E-state index contributed by atoms with van der Waals surface area (Å²) in [5.74, 6) is -0.0392. The Bertz CT molecular complexity index is 1040. The molecule has 4 aromatic rings. The largest absolute Gasteiger partial charge is 0.451 e. The quantitative estimate of drug-likeness (QED) is 0.541. The summed E-state index contributed by atoms with van der Waals surface area (Å²) in [6.45, 7) is 0.291. The molecule has 2 aromatic heterocycles. The van der Waals surface area contributed by atoms with Crippen molar-refractivity contribution in [3.8, 4) is 0 Å². The molecule has 0 spiro atoms. The first-order chi connectivity index (χ1) is 13.8. The van der Waals surface area contributed by atoms with E-state index in [1.54, 1.807) is 13.3 Å². The van der Waals surface area contributed by atoms with Crippen LogP contribution >= 0.6 is 0 Å². The highest BCUT2D eigenvalue weighted by Crippen LogP contribution is 2.28. The van der Waals surface area contributed by atoms with Crippen LogP contribution in [0, 0.1) is 0 Å². The fourth-order valence-electron chi connectivity index (χ4n) is 3.29. The summed E-state index contributed by atoms with van der Waals surface area (Å²) in [6.07, 6.45) is 1.72. The predicted molar refractivity (Wildman–Crippen MR) is 107 cm³/mol. The van der Waals surface area contributed by atoms with Crippen LogP contribution in [0.2, 0.25) is 0 Å². The van der Waals surface area contributed by atoms with Crippen molar-refractivity contribution in [2.75, 3.05) is 7.11 Å². The molecule has 0 bridgehead atoms. The SMILES string of the molecule is COCc1c(C(=O)NC(c2ccccc2)c2ccccn2)oc2ccccc12. The zero-order chi connectivity index (χ0) is 19.3. The van der Waals surface area contributed by atoms with E-state index in [1.165, 1.54) is 0 Å². The zero-order valence-corrected chi connectivity index (χ0v) is 15.5. The van der Waals surface area contributed by atoms with Crippen LogP contribution in [0.5, 0.6) is 0 Å². The van der Waals surface area contributed by atoms with Crippen molar-refractivity contribution >= 4 is 16.9 Å². The van der Waals surface area contributed by atoms with Crippen LogP contribution in [0.15, 0.2) is 83.4 Å². The van der Waals surface area contributed by atoms with Crippen molar-refractivity contribution in [2.24, 2.45) is 0 Å². The molecule has 0 radical (unpaired) electrons. The molecule has 4 rings (SSSR count). The second-order valence-corrected chi connectivity index (χ2v) is 6.41. The monoisotopic (exact) mass is 372 g/mol. The number of aromatic nitrogens is 1. The summed E-state index contributed by atoms with van der Waals surface area (Å²) in [6, 6.07) is 22.6. The highest BCUT2D eigenvalue weighted by molar-refractivity contribution is 5.99. The van der Waals surface area contributed by atoms with E-state index in [4.69, 9.17) is 9.15 Å². The van der Waals surface area contributed by atoms with Crippen molar-refractivity contribution in [2.45, 2.75) is 12.6 Å². The van der Waals surface area contributed by atoms with Crippen LogP contribution in [-0.2, 0) is 11.3 Å². The Kier molecular flexibility index (Phi) is 5.17. The van der Waals surface area contributed by atoms with Gasteiger partial charge in [0, 0.05) is 24.3 Å². The number of hydrogen-bond donors (Lipinski definition) is 1. The van der Waals surface area contributed by atoms with E-state index in [2.05, 4.69) is 10.3 Å². The van der Waals surface area contributed by atoms with E-state index in [0.29, 0.717) is 12.2 Å². The smallest absolute Gasteiger partial charge is 0.288 e. The lowest BCUT2D eigenvalue weighted by atomic mass is 10.0. The number of rotatable bonds is 6. The maximum atomic E-state index is 13.2. The van der Waals surface area contributed by atoms with Crippen LogP contribution < -0.4 is 5.32 Å². The van der Waals surface area contributed by atoms with Gasteiger partial charge in [-0.1, -0.05) is 54.6 Å². The number of nitrogens with zero attached hydrogens (tertiary/aromatic N) is 1. The molecule has 0 fully saturated rings. The lowest BCUT2D eigenvalue weighted by Gasteiger charge is -2.18. The topological polar surface area (TPSA) is 64.4 Å². The molecule has 28 heavy (non-hydrogen) atoms.